The zero-order chi connectivity index (χ0) is 23.8. The standard InChI is InChI=1S/C26H19N5O4/c32-24-15-35-23-9-8-17(11-22(23)29-24)28-26(33)19-12-21(16-5-2-1-3-6-16)30-25-20(19)13-27-31(25)14-18-7-4-10-34-18/h1-13H,14-15H2,(H,28,33)(H,29,32). The topological polar surface area (TPSA) is 111 Å². The smallest absolute Gasteiger partial charge is 0.262 e. The Labute approximate surface area is 199 Å². The van der Waals surface area contributed by atoms with Crippen LogP contribution in [0, 0.1) is 0 Å². The molecule has 35 heavy (non-hydrogen) atoms. The van der Waals surface area contributed by atoms with Crippen LogP contribution < -0.4 is 15.4 Å². The number of carbonyl (C=O) groups excluding carboxylic acids is 2. The molecule has 2 amide bonds. The van der Waals surface area contributed by atoms with Crippen molar-refractivity contribution in [2.24, 2.45) is 0 Å². The first-order valence-electron chi connectivity index (χ1n) is 11.0. The molecule has 6 rings (SSSR count). The van der Waals surface area contributed by atoms with E-state index in [4.69, 9.17) is 14.1 Å². The molecule has 2 N–H and O–H groups in total. The van der Waals surface area contributed by atoms with E-state index < -0.39 is 0 Å². The van der Waals surface area contributed by atoms with Crippen molar-refractivity contribution < 1.29 is 18.7 Å². The Hall–Kier alpha value is -4.92. The molecule has 0 aliphatic carbocycles. The predicted octanol–water partition coefficient (Wildman–Crippen LogP) is 4.32. The minimum Gasteiger partial charge on any atom is -0.482 e. The number of furan rings is 1. The molecular formula is C26H19N5O4. The van der Waals surface area contributed by atoms with Crippen molar-refractivity contribution >= 4 is 34.2 Å². The summed E-state index contributed by atoms with van der Waals surface area (Å²) in [6, 6.07) is 20.2. The number of nitrogens with zero attached hydrogens (tertiary/aromatic N) is 3. The van der Waals surface area contributed by atoms with Gasteiger partial charge in [-0.3, -0.25) is 9.59 Å². The van der Waals surface area contributed by atoms with Crippen molar-refractivity contribution in [3.63, 3.8) is 0 Å². The van der Waals surface area contributed by atoms with E-state index in [2.05, 4.69) is 15.7 Å². The Kier molecular flexibility index (Phi) is 4.99. The second-order valence-corrected chi connectivity index (χ2v) is 8.04. The molecule has 172 valence electrons. The van der Waals surface area contributed by atoms with Crippen LogP contribution in [-0.2, 0) is 11.3 Å². The van der Waals surface area contributed by atoms with Crippen LogP contribution in [-0.4, -0.2) is 33.2 Å². The van der Waals surface area contributed by atoms with E-state index in [-0.39, 0.29) is 18.4 Å². The SMILES string of the molecule is O=C1COc2ccc(NC(=O)c3cc(-c4ccccc4)nc4c3cnn4Cc3ccco3)cc2N1. The molecule has 2 aromatic carbocycles. The number of hydrogen-bond donors (Lipinski definition) is 2. The molecule has 0 saturated heterocycles. The quantitative estimate of drug-likeness (QED) is 0.400. The van der Waals surface area contributed by atoms with Crippen molar-refractivity contribution in [3.05, 3.63) is 90.5 Å². The summed E-state index contributed by atoms with van der Waals surface area (Å²) in [5, 5.41) is 10.8. The van der Waals surface area contributed by atoms with Crippen LogP contribution in [0.15, 0.2) is 83.6 Å². The second-order valence-electron chi connectivity index (χ2n) is 8.04. The summed E-state index contributed by atoms with van der Waals surface area (Å²) in [4.78, 5) is 29.9. The number of carbonyl (C=O) groups is 2. The first kappa shape index (κ1) is 20.7. The molecule has 9 heteroatoms. The van der Waals surface area contributed by atoms with Crippen LogP contribution in [0.1, 0.15) is 16.1 Å². The maximum atomic E-state index is 13.5. The van der Waals surface area contributed by atoms with Gasteiger partial charge in [-0.05, 0) is 36.4 Å². The zero-order valence-electron chi connectivity index (χ0n) is 18.4. The van der Waals surface area contributed by atoms with E-state index in [0.29, 0.717) is 46.0 Å². The molecule has 1 aliphatic rings. The van der Waals surface area contributed by atoms with Crippen LogP contribution in [0.2, 0.25) is 0 Å². The lowest BCUT2D eigenvalue weighted by Gasteiger charge is -2.18. The number of nitrogens with one attached hydrogen (secondary N) is 2. The van der Waals surface area contributed by atoms with E-state index >= 15 is 0 Å². The van der Waals surface area contributed by atoms with E-state index in [1.165, 1.54) is 0 Å². The number of ether oxygens (including phenoxy) is 1. The highest BCUT2D eigenvalue weighted by molar-refractivity contribution is 6.13. The average molecular weight is 465 g/mol. The highest BCUT2D eigenvalue weighted by Crippen LogP contribution is 2.31. The summed E-state index contributed by atoms with van der Waals surface area (Å²) in [5.41, 5.74) is 3.55. The summed E-state index contributed by atoms with van der Waals surface area (Å²) in [7, 11) is 0. The summed E-state index contributed by atoms with van der Waals surface area (Å²) in [6.45, 7) is 0.352. The number of fused-ring (bicyclic) bond motifs is 2. The van der Waals surface area contributed by atoms with Crippen molar-refractivity contribution in [1.82, 2.24) is 14.8 Å². The predicted molar refractivity (Wildman–Crippen MR) is 129 cm³/mol. The normalized spacial score (nSPS) is 12.6. The van der Waals surface area contributed by atoms with Crippen molar-refractivity contribution in [2.75, 3.05) is 17.2 Å². The molecule has 0 atom stereocenters. The number of anilines is 2. The highest BCUT2D eigenvalue weighted by Gasteiger charge is 2.20. The summed E-state index contributed by atoms with van der Waals surface area (Å²) >= 11 is 0. The first-order valence-corrected chi connectivity index (χ1v) is 11.0. The van der Waals surface area contributed by atoms with E-state index in [9.17, 15) is 9.59 Å². The molecule has 0 saturated carbocycles. The monoisotopic (exact) mass is 465 g/mol. The highest BCUT2D eigenvalue weighted by atomic mass is 16.5. The number of rotatable bonds is 5. The fraction of sp³-hybridized carbons (Fsp3) is 0.0769. The zero-order valence-corrected chi connectivity index (χ0v) is 18.4. The van der Waals surface area contributed by atoms with Crippen molar-refractivity contribution in [2.45, 2.75) is 6.54 Å². The van der Waals surface area contributed by atoms with Crippen molar-refractivity contribution in [3.8, 4) is 17.0 Å². The number of benzene rings is 2. The second kappa shape index (κ2) is 8.45. The molecular weight excluding hydrogens is 446 g/mol. The maximum Gasteiger partial charge on any atom is 0.262 e. The fourth-order valence-corrected chi connectivity index (χ4v) is 4.02. The van der Waals surface area contributed by atoms with E-state index in [1.54, 1.807) is 41.4 Å². The number of aromatic nitrogens is 3. The number of pyridine rings is 1. The van der Waals surface area contributed by atoms with Gasteiger partial charge in [0.1, 0.15) is 18.1 Å². The lowest BCUT2D eigenvalue weighted by molar-refractivity contribution is -0.118. The Morgan fingerprint density at radius 3 is 2.80 bits per heavy atom. The van der Waals surface area contributed by atoms with Gasteiger partial charge in [-0.25, -0.2) is 9.67 Å². The summed E-state index contributed by atoms with van der Waals surface area (Å²) in [6.07, 6.45) is 3.24. The molecule has 0 fully saturated rings. The van der Waals surface area contributed by atoms with Gasteiger partial charge in [-0.15, -0.1) is 0 Å². The Bertz CT molecular complexity index is 1560. The molecule has 1 aliphatic heterocycles. The van der Waals surface area contributed by atoms with Gasteiger partial charge in [0.05, 0.1) is 34.8 Å². The third kappa shape index (κ3) is 3.99. The first-order chi connectivity index (χ1) is 17.1. The average Bonchev–Trinajstić information content (AvgIpc) is 3.54. The van der Waals surface area contributed by atoms with Crippen LogP contribution in [0.3, 0.4) is 0 Å². The van der Waals surface area contributed by atoms with Crippen LogP contribution in [0.4, 0.5) is 11.4 Å². The molecule has 0 spiro atoms. The van der Waals surface area contributed by atoms with Gasteiger partial charge in [-0.1, -0.05) is 30.3 Å². The molecule has 9 nitrogen and oxygen atoms in total. The van der Waals surface area contributed by atoms with Gasteiger partial charge >= 0.3 is 0 Å². The van der Waals surface area contributed by atoms with Crippen LogP contribution in [0.25, 0.3) is 22.3 Å². The van der Waals surface area contributed by atoms with E-state index in [1.807, 2.05) is 42.5 Å². The molecule has 0 unspecified atom stereocenters. The largest absolute Gasteiger partial charge is 0.482 e. The Morgan fingerprint density at radius 1 is 1.09 bits per heavy atom. The van der Waals surface area contributed by atoms with Gasteiger partial charge in [-0.2, -0.15) is 5.10 Å². The fourth-order valence-electron chi connectivity index (χ4n) is 4.02. The Morgan fingerprint density at radius 2 is 1.97 bits per heavy atom. The minimum atomic E-state index is -0.324. The van der Waals surface area contributed by atoms with Gasteiger partial charge < -0.3 is 19.8 Å². The lowest BCUT2D eigenvalue weighted by Crippen LogP contribution is -2.25. The van der Waals surface area contributed by atoms with Gasteiger partial charge in [0, 0.05) is 11.3 Å². The minimum absolute atomic E-state index is 0.0298. The Balaban J connectivity index is 1.40. The van der Waals surface area contributed by atoms with Crippen LogP contribution in [0.5, 0.6) is 5.75 Å². The van der Waals surface area contributed by atoms with Gasteiger partial charge in [0.2, 0.25) is 0 Å². The van der Waals surface area contributed by atoms with Gasteiger partial charge in [0.15, 0.2) is 12.3 Å². The molecule has 4 heterocycles. The van der Waals surface area contributed by atoms with E-state index in [0.717, 1.165) is 11.3 Å². The summed E-state index contributed by atoms with van der Waals surface area (Å²) < 4.78 is 12.6. The molecule has 0 bridgehead atoms. The third-order valence-electron chi connectivity index (χ3n) is 5.68. The maximum absolute atomic E-state index is 13.5. The lowest BCUT2D eigenvalue weighted by atomic mass is 10.1. The molecule has 0 radical (unpaired) electrons. The molecule has 3 aromatic heterocycles. The third-order valence-corrected chi connectivity index (χ3v) is 5.68. The number of hydrogen-bond acceptors (Lipinski definition) is 6. The summed E-state index contributed by atoms with van der Waals surface area (Å²) in [5.74, 6) is 0.717. The number of amides is 2. The van der Waals surface area contributed by atoms with Gasteiger partial charge in [0.25, 0.3) is 11.8 Å². The van der Waals surface area contributed by atoms with Crippen LogP contribution >= 0.6 is 0 Å². The molecule has 5 aromatic rings. The van der Waals surface area contributed by atoms with Crippen molar-refractivity contribution in [1.29, 1.82) is 0 Å².